The molecule has 2 N–H and O–H groups in total. The van der Waals surface area contributed by atoms with Crippen molar-refractivity contribution in [3.05, 3.63) is 70.6 Å². The van der Waals surface area contributed by atoms with Crippen LogP contribution in [0.4, 0.5) is 5.69 Å². The van der Waals surface area contributed by atoms with Gasteiger partial charge in [0.1, 0.15) is 17.8 Å². The average Bonchev–Trinajstić information content (AvgIpc) is 3.66. The van der Waals surface area contributed by atoms with Crippen molar-refractivity contribution in [1.29, 1.82) is 5.26 Å². The molecule has 0 spiro atoms. The van der Waals surface area contributed by atoms with Crippen molar-refractivity contribution in [3.8, 4) is 6.07 Å². The Morgan fingerprint density at radius 1 is 1.20 bits per heavy atom. The third-order valence-electron chi connectivity index (χ3n) is 9.49. The Balaban J connectivity index is 1.27. The summed E-state index contributed by atoms with van der Waals surface area (Å²) >= 11 is 0. The van der Waals surface area contributed by atoms with Crippen molar-refractivity contribution in [2.45, 2.75) is 95.1 Å². The lowest BCUT2D eigenvalue weighted by Gasteiger charge is -2.46. The molecule has 0 atom stereocenters. The van der Waals surface area contributed by atoms with Gasteiger partial charge >= 0.3 is 0 Å². The summed E-state index contributed by atoms with van der Waals surface area (Å²) in [5.74, 6) is 1.04. The Morgan fingerprint density at radius 3 is 2.73 bits per heavy atom. The number of rotatable bonds is 8. The number of aryl methyl sites for hydroxylation is 1. The van der Waals surface area contributed by atoms with Crippen LogP contribution < -0.4 is 10.6 Å². The maximum Gasteiger partial charge on any atom is 0.274 e. The van der Waals surface area contributed by atoms with Crippen molar-refractivity contribution in [2.75, 3.05) is 5.32 Å². The van der Waals surface area contributed by atoms with E-state index >= 15 is 0 Å². The summed E-state index contributed by atoms with van der Waals surface area (Å²) in [7, 11) is 1.96. The zero-order valence-corrected chi connectivity index (χ0v) is 23.8. The van der Waals surface area contributed by atoms with Gasteiger partial charge in [0.2, 0.25) is 0 Å². The highest BCUT2D eigenvalue weighted by molar-refractivity contribution is 6.03. The number of fused-ring (bicyclic) bond motifs is 1. The van der Waals surface area contributed by atoms with Crippen LogP contribution in [0, 0.1) is 17.2 Å². The van der Waals surface area contributed by atoms with Crippen LogP contribution in [-0.2, 0) is 30.8 Å². The lowest BCUT2D eigenvalue weighted by Crippen LogP contribution is -2.44. The largest absolute Gasteiger partial charge is 0.321 e. The van der Waals surface area contributed by atoms with Gasteiger partial charge in [-0.05, 0) is 79.3 Å². The summed E-state index contributed by atoms with van der Waals surface area (Å²) in [5, 5.41) is 24.7. The highest BCUT2D eigenvalue weighted by atomic mass is 16.1. The summed E-state index contributed by atoms with van der Waals surface area (Å²) in [6, 6.07) is 12.9. The van der Waals surface area contributed by atoms with Gasteiger partial charge in [-0.15, -0.1) is 10.2 Å². The van der Waals surface area contributed by atoms with Gasteiger partial charge in [0, 0.05) is 37.2 Å². The van der Waals surface area contributed by atoms with Crippen molar-refractivity contribution in [1.82, 2.24) is 25.1 Å². The molecule has 40 heavy (non-hydrogen) atoms. The van der Waals surface area contributed by atoms with Gasteiger partial charge in [-0.25, -0.2) is 4.98 Å². The highest BCUT2D eigenvalue weighted by Gasteiger charge is 2.49. The van der Waals surface area contributed by atoms with E-state index < -0.39 is 0 Å². The number of hydrogen-bond acceptors (Lipinski definition) is 6. The molecule has 2 fully saturated rings. The molecule has 8 nitrogen and oxygen atoms in total. The van der Waals surface area contributed by atoms with E-state index in [1.54, 1.807) is 6.33 Å². The zero-order chi connectivity index (χ0) is 27.9. The van der Waals surface area contributed by atoms with E-state index in [1.807, 2.05) is 29.8 Å². The predicted molar refractivity (Wildman–Crippen MR) is 154 cm³/mol. The molecule has 3 aromatic rings. The summed E-state index contributed by atoms with van der Waals surface area (Å²) < 4.78 is 1.96. The molecule has 0 radical (unpaired) electrons. The fourth-order valence-electron chi connectivity index (χ4n) is 7.23. The lowest BCUT2D eigenvalue weighted by molar-refractivity contribution is 0.102. The first kappa shape index (κ1) is 26.6. The van der Waals surface area contributed by atoms with Gasteiger partial charge in [0.15, 0.2) is 0 Å². The van der Waals surface area contributed by atoms with E-state index in [4.69, 9.17) is 4.98 Å². The second kappa shape index (κ2) is 10.4. The van der Waals surface area contributed by atoms with Gasteiger partial charge in [-0.1, -0.05) is 38.8 Å². The predicted octanol–water partition coefficient (Wildman–Crippen LogP) is 5.33. The second-order valence-electron chi connectivity index (χ2n) is 12.8. The third-order valence-corrected chi connectivity index (χ3v) is 9.49. The number of nitrogens with zero attached hydrogens (tertiary/aromatic N) is 5. The molecule has 3 aliphatic carbocycles. The van der Waals surface area contributed by atoms with Gasteiger partial charge in [0.05, 0.1) is 17.2 Å². The van der Waals surface area contributed by atoms with Crippen LogP contribution >= 0.6 is 0 Å². The number of carbonyl (C=O) groups excluding carboxylic acids is 1. The minimum Gasteiger partial charge on any atom is -0.321 e. The molecule has 2 saturated carbocycles. The molecule has 0 unspecified atom stereocenters. The first-order chi connectivity index (χ1) is 19.3. The van der Waals surface area contributed by atoms with E-state index in [1.165, 1.54) is 36.8 Å². The lowest BCUT2D eigenvalue weighted by atomic mass is 9.57. The van der Waals surface area contributed by atoms with Crippen LogP contribution in [0.3, 0.4) is 0 Å². The molecular formula is C32H39N7O. The normalized spacial score (nSPS) is 23.4. The molecule has 8 heteroatoms. The van der Waals surface area contributed by atoms with Gasteiger partial charge in [-0.3, -0.25) is 4.79 Å². The molecular weight excluding hydrogens is 498 g/mol. The molecule has 0 aliphatic heterocycles. The first-order valence-electron chi connectivity index (χ1n) is 14.7. The maximum absolute atomic E-state index is 13.6. The molecule has 208 valence electrons. The Hall–Kier alpha value is -3.57. The number of nitriles is 1. The van der Waals surface area contributed by atoms with Crippen LogP contribution in [-0.4, -0.2) is 31.7 Å². The third kappa shape index (κ3) is 4.81. The van der Waals surface area contributed by atoms with E-state index in [0.29, 0.717) is 24.1 Å². The second-order valence-corrected chi connectivity index (χ2v) is 12.8. The van der Waals surface area contributed by atoms with Crippen molar-refractivity contribution < 1.29 is 4.79 Å². The SMILES string of the molecule is Cn1cnnc1C1(c2cccc(NC(=O)c3cc(CNC4CCCC4)c4c(n3)C(C)(C)CC4)c2)CC(CC#N)C1. The molecule has 1 aromatic carbocycles. The fraction of sp³-hybridized carbons (Fsp3) is 0.531. The summed E-state index contributed by atoms with van der Waals surface area (Å²) in [6.45, 7) is 5.25. The van der Waals surface area contributed by atoms with Crippen LogP contribution in [0.15, 0.2) is 36.7 Å². The summed E-state index contributed by atoms with van der Waals surface area (Å²) in [6.07, 6.45) is 11.0. The molecule has 3 aliphatic rings. The maximum atomic E-state index is 13.6. The number of amides is 1. The van der Waals surface area contributed by atoms with Crippen LogP contribution in [0.1, 0.15) is 104 Å². The van der Waals surface area contributed by atoms with Crippen LogP contribution in [0.5, 0.6) is 0 Å². The van der Waals surface area contributed by atoms with Gasteiger partial charge in [-0.2, -0.15) is 5.26 Å². The number of benzene rings is 1. The Bertz CT molecular complexity index is 1450. The zero-order valence-electron chi connectivity index (χ0n) is 23.8. The Morgan fingerprint density at radius 2 is 2.00 bits per heavy atom. The smallest absolute Gasteiger partial charge is 0.274 e. The Kier molecular flexibility index (Phi) is 6.95. The van der Waals surface area contributed by atoms with Crippen LogP contribution in [0.25, 0.3) is 0 Å². The van der Waals surface area contributed by atoms with E-state index in [-0.39, 0.29) is 16.7 Å². The number of pyridine rings is 1. The topological polar surface area (TPSA) is 109 Å². The monoisotopic (exact) mass is 537 g/mol. The van der Waals surface area contributed by atoms with Crippen molar-refractivity contribution in [3.63, 3.8) is 0 Å². The summed E-state index contributed by atoms with van der Waals surface area (Å²) in [5.41, 5.74) is 5.53. The molecule has 0 bridgehead atoms. The minimum absolute atomic E-state index is 0.0413. The molecule has 1 amide bonds. The van der Waals surface area contributed by atoms with Gasteiger partial charge in [0.25, 0.3) is 5.91 Å². The van der Waals surface area contributed by atoms with E-state index in [2.05, 4.69) is 52.9 Å². The fourth-order valence-corrected chi connectivity index (χ4v) is 7.23. The molecule has 0 saturated heterocycles. The van der Waals surface area contributed by atoms with E-state index in [9.17, 15) is 10.1 Å². The van der Waals surface area contributed by atoms with Crippen LogP contribution in [0.2, 0.25) is 0 Å². The van der Waals surface area contributed by atoms with Crippen molar-refractivity contribution in [2.24, 2.45) is 13.0 Å². The number of nitrogens with one attached hydrogen (secondary N) is 2. The Labute approximate surface area is 236 Å². The van der Waals surface area contributed by atoms with Gasteiger partial charge < -0.3 is 15.2 Å². The average molecular weight is 538 g/mol. The highest BCUT2D eigenvalue weighted by Crippen LogP contribution is 2.53. The first-order valence-corrected chi connectivity index (χ1v) is 14.7. The standard InChI is InChI=1S/C32H39N7O/c1-31(2)13-11-26-22(19-34-24-8-4-5-9-24)15-27(37-28(26)31)29(40)36-25-10-6-7-23(16-25)32(17-21(18-32)12-14-33)30-38-35-20-39(30)3/h6-7,10,15-16,20-21,24,34H,4-5,8-9,11-13,17-19H2,1-3H3,(H,36,40). The number of aromatic nitrogens is 4. The summed E-state index contributed by atoms with van der Waals surface area (Å²) in [4.78, 5) is 18.6. The number of anilines is 1. The number of carbonyl (C=O) groups is 1. The molecule has 2 aromatic heterocycles. The number of hydrogen-bond donors (Lipinski definition) is 2. The minimum atomic E-state index is -0.317. The molecule has 6 rings (SSSR count). The molecule has 2 heterocycles. The quantitative estimate of drug-likeness (QED) is 0.402. The van der Waals surface area contributed by atoms with Crippen molar-refractivity contribution >= 4 is 11.6 Å². The van der Waals surface area contributed by atoms with E-state index in [0.717, 1.165) is 55.0 Å².